The van der Waals surface area contributed by atoms with E-state index in [2.05, 4.69) is 10.0 Å². The van der Waals surface area contributed by atoms with Gasteiger partial charge in [-0.15, -0.1) is 0 Å². The molecule has 2 aromatic rings. The van der Waals surface area contributed by atoms with Crippen LogP contribution in [0.3, 0.4) is 0 Å². The van der Waals surface area contributed by atoms with Gasteiger partial charge in [0.05, 0.1) is 16.8 Å². The molecule has 0 aromatic heterocycles. The molecule has 1 saturated heterocycles. The lowest BCUT2D eigenvalue weighted by Crippen LogP contribution is -2.41. The normalized spacial score (nSPS) is 17.8. The molecule has 0 spiro atoms. The molecule has 31 heavy (non-hydrogen) atoms. The summed E-state index contributed by atoms with van der Waals surface area (Å²) in [5.41, 5.74) is 1.64. The molecule has 0 bridgehead atoms. The molecule has 2 aromatic carbocycles. The summed E-state index contributed by atoms with van der Waals surface area (Å²) in [5, 5.41) is 2.70. The molecule has 1 aliphatic rings. The summed E-state index contributed by atoms with van der Waals surface area (Å²) < 4.78 is 53.1. The Bertz CT molecular complexity index is 1190. The van der Waals surface area contributed by atoms with Crippen molar-refractivity contribution in [3.05, 3.63) is 53.6 Å². The highest BCUT2D eigenvalue weighted by Crippen LogP contribution is 2.26. The maximum Gasteiger partial charge on any atom is 0.255 e. The summed E-state index contributed by atoms with van der Waals surface area (Å²) in [5.74, 6) is -0.488. The van der Waals surface area contributed by atoms with E-state index in [4.69, 9.17) is 0 Å². The Morgan fingerprint density at radius 3 is 2.48 bits per heavy atom. The fraction of sp³-hybridized carbons (Fsp3) is 0.381. The number of aryl methyl sites for hydroxylation is 1. The van der Waals surface area contributed by atoms with Gasteiger partial charge in [-0.05, 0) is 62.6 Å². The predicted molar refractivity (Wildman–Crippen MR) is 121 cm³/mol. The zero-order valence-corrected chi connectivity index (χ0v) is 19.4. The first kappa shape index (κ1) is 23.2. The van der Waals surface area contributed by atoms with Crippen molar-refractivity contribution in [2.75, 3.05) is 22.8 Å². The van der Waals surface area contributed by atoms with Gasteiger partial charge < -0.3 is 5.32 Å². The number of rotatable bonds is 6. The number of piperidine rings is 1. The van der Waals surface area contributed by atoms with Gasteiger partial charge in [0.1, 0.15) is 0 Å². The second kappa shape index (κ2) is 8.97. The second-order valence-electron chi connectivity index (χ2n) is 7.85. The van der Waals surface area contributed by atoms with E-state index in [1.165, 1.54) is 28.6 Å². The van der Waals surface area contributed by atoms with Crippen LogP contribution < -0.4 is 10.0 Å². The van der Waals surface area contributed by atoms with Crippen molar-refractivity contribution in [1.29, 1.82) is 0 Å². The van der Waals surface area contributed by atoms with E-state index < -0.39 is 26.0 Å². The fourth-order valence-corrected chi connectivity index (χ4v) is 5.94. The number of hydrogen-bond acceptors (Lipinski definition) is 5. The molecular weight excluding hydrogens is 438 g/mol. The number of hydrogen-bond donors (Lipinski definition) is 2. The lowest BCUT2D eigenvalue weighted by Gasteiger charge is -2.32. The average Bonchev–Trinajstić information content (AvgIpc) is 2.69. The number of nitrogens with one attached hydrogen (secondary N) is 2. The van der Waals surface area contributed by atoms with Crippen molar-refractivity contribution in [3.63, 3.8) is 0 Å². The number of carbonyl (C=O) groups excluding carboxylic acids is 1. The molecule has 1 atom stereocenters. The van der Waals surface area contributed by atoms with E-state index in [-0.39, 0.29) is 16.5 Å². The van der Waals surface area contributed by atoms with E-state index in [1.807, 2.05) is 6.92 Å². The largest absolute Gasteiger partial charge is 0.322 e. The summed E-state index contributed by atoms with van der Waals surface area (Å²) >= 11 is 0. The molecule has 0 radical (unpaired) electrons. The molecule has 1 unspecified atom stereocenters. The standard InChI is InChI=1S/C21H27N3O5S2/c1-15-10-11-18(14-20(15)23-30(3,26)27)22-21(25)17-8-6-9-19(13-17)31(28,29)24-12-5-4-7-16(24)2/h6,8-11,13-14,16,23H,4-5,7,12H2,1-3H3,(H,22,25). The van der Waals surface area contributed by atoms with Gasteiger partial charge in [-0.3, -0.25) is 9.52 Å². The molecular formula is C21H27N3O5S2. The Morgan fingerprint density at radius 1 is 1.06 bits per heavy atom. The first-order chi connectivity index (χ1) is 14.5. The number of anilines is 2. The van der Waals surface area contributed by atoms with Crippen molar-refractivity contribution in [2.45, 2.75) is 44.0 Å². The van der Waals surface area contributed by atoms with Crippen LogP contribution in [0.1, 0.15) is 42.1 Å². The van der Waals surface area contributed by atoms with E-state index in [0.717, 1.165) is 25.5 Å². The highest BCUT2D eigenvalue weighted by Gasteiger charge is 2.31. The van der Waals surface area contributed by atoms with E-state index in [0.29, 0.717) is 23.5 Å². The third-order valence-corrected chi connectivity index (χ3v) is 7.84. The number of carbonyl (C=O) groups is 1. The maximum absolute atomic E-state index is 13.1. The maximum atomic E-state index is 13.1. The first-order valence-electron chi connectivity index (χ1n) is 9.99. The number of nitrogens with zero attached hydrogens (tertiary/aromatic N) is 1. The molecule has 2 N–H and O–H groups in total. The molecule has 1 heterocycles. The molecule has 10 heteroatoms. The van der Waals surface area contributed by atoms with Crippen LogP contribution in [0.2, 0.25) is 0 Å². The van der Waals surface area contributed by atoms with Gasteiger partial charge in [-0.25, -0.2) is 16.8 Å². The number of sulfonamides is 2. The van der Waals surface area contributed by atoms with Crippen molar-refractivity contribution in [2.24, 2.45) is 0 Å². The monoisotopic (exact) mass is 465 g/mol. The van der Waals surface area contributed by atoms with Gasteiger partial charge in [0.2, 0.25) is 20.0 Å². The highest BCUT2D eigenvalue weighted by molar-refractivity contribution is 7.92. The SMILES string of the molecule is Cc1ccc(NC(=O)c2cccc(S(=O)(=O)N3CCCCC3C)c2)cc1NS(C)(=O)=O. The lowest BCUT2D eigenvalue weighted by atomic mass is 10.1. The molecule has 1 fully saturated rings. The zero-order valence-electron chi connectivity index (χ0n) is 17.8. The fourth-order valence-electron chi connectivity index (χ4n) is 3.57. The molecule has 0 saturated carbocycles. The summed E-state index contributed by atoms with van der Waals surface area (Å²) in [6, 6.07) is 10.7. The average molecular weight is 466 g/mol. The third kappa shape index (κ3) is 5.63. The van der Waals surface area contributed by atoms with Crippen LogP contribution in [0.25, 0.3) is 0 Å². The zero-order chi connectivity index (χ0) is 22.8. The summed E-state index contributed by atoms with van der Waals surface area (Å²) in [7, 11) is -7.16. The van der Waals surface area contributed by atoms with Crippen LogP contribution in [-0.4, -0.2) is 45.9 Å². The minimum atomic E-state index is -3.70. The van der Waals surface area contributed by atoms with Crippen LogP contribution in [0, 0.1) is 6.92 Å². The Balaban J connectivity index is 1.83. The molecule has 0 aliphatic carbocycles. The molecule has 3 rings (SSSR count). The van der Waals surface area contributed by atoms with Gasteiger partial charge in [-0.1, -0.05) is 18.6 Å². The highest BCUT2D eigenvalue weighted by atomic mass is 32.2. The number of benzene rings is 2. The van der Waals surface area contributed by atoms with Crippen LogP contribution in [-0.2, 0) is 20.0 Å². The molecule has 1 amide bonds. The second-order valence-corrected chi connectivity index (χ2v) is 11.5. The Kier molecular flexibility index (Phi) is 6.73. The van der Waals surface area contributed by atoms with Gasteiger partial charge >= 0.3 is 0 Å². The summed E-state index contributed by atoms with van der Waals surface area (Å²) in [6.45, 7) is 4.11. The van der Waals surface area contributed by atoms with Gasteiger partial charge in [0, 0.05) is 23.8 Å². The predicted octanol–water partition coefficient (Wildman–Crippen LogP) is 3.18. The minimum Gasteiger partial charge on any atom is -0.322 e. The van der Waals surface area contributed by atoms with Crippen molar-refractivity contribution < 1.29 is 21.6 Å². The van der Waals surface area contributed by atoms with Gasteiger partial charge in [0.25, 0.3) is 5.91 Å². The van der Waals surface area contributed by atoms with Crippen LogP contribution >= 0.6 is 0 Å². The molecule has 168 valence electrons. The van der Waals surface area contributed by atoms with Gasteiger partial charge in [0.15, 0.2) is 0 Å². The Hall–Kier alpha value is -2.43. The Morgan fingerprint density at radius 2 is 1.81 bits per heavy atom. The van der Waals surface area contributed by atoms with E-state index >= 15 is 0 Å². The van der Waals surface area contributed by atoms with Crippen molar-refractivity contribution >= 4 is 37.3 Å². The quantitative estimate of drug-likeness (QED) is 0.680. The van der Waals surface area contributed by atoms with E-state index in [9.17, 15) is 21.6 Å². The Labute approximate surface area is 183 Å². The van der Waals surface area contributed by atoms with Crippen LogP contribution in [0.4, 0.5) is 11.4 Å². The molecule has 1 aliphatic heterocycles. The van der Waals surface area contributed by atoms with Crippen LogP contribution in [0.5, 0.6) is 0 Å². The van der Waals surface area contributed by atoms with Crippen LogP contribution in [0.15, 0.2) is 47.4 Å². The topological polar surface area (TPSA) is 113 Å². The summed E-state index contributed by atoms with van der Waals surface area (Å²) in [4.78, 5) is 12.8. The first-order valence-corrected chi connectivity index (χ1v) is 13.3. The minimum absolute atomic E-state index is 0.0791. The summed E-state index contributed by atoms with van der Waals surface area (Å²) in [6.07, 6.45) is 3.69. The van der Waals surface area contributed by atoms with E-state index in [1.54, 1.807) is 25.1 Å². The van der Waals surface area contributed by atoms with Gasteiger partial charge in [-0.2, -0.15) is 4.31 Å². The lowest BCUT2D eigenvalue weighted by molar-refractivity contribution is 0.102. The molecule has 8 nitrogen and oxygen atoms in total. The smallest absolute Gasteiger partial charge is 0.255 e. The van der Waals surface area contributed by atoms with Crippen molar-refractivity contribution in [3.8, 4) is 0 Å². The van der Waals surface area contributed by atoms with Crippen molar-refractivity contribution in [1.82, 2.24) is 4.31 Å². The number of amides is 1. The third-order valence-electron chi connectivity index (χ3n) is 5.24.